The molecule has 3 aromatic heterocycles. The molecule has 164 valence electrons. The van der Waals surface area contributed by atoms with E-state index in [0.29, 0.717) is 18.1 Å². The van der Waals surface area contributed by atoms with E-state index >= 15 is 0 Å². The van der Waals surface area contributed by atoms with Crippen molar-refractivity contribution >= 4 is 28.6 Å². The summed E-state index contributed by atoms with van der Waals surface area (Å²) in [6, 6.07) is 21.7. The highest BCUT2D eigenvalue weighted by Crippen LogP contribution is 2.33. The predicted octanol–water partition coefficient (Wildman–Crippen LogP) is 5.76. The minimum absolute atomic E-state index is 0.0920. The Morgan fingerprint density at radius 3 is 2.52 bits per heavy atom. The van der Waals surface area contributed by atoms with Crippen LogP contribution in [-0.4, -0.2) is 21.0 Å². The van der Waals surface area contributed by atoms with Crippen molar-refractivity contribution in [3.05, 3.63) is 88.4 Å². The maximum Gasteiger partial charge on any atom is 0.246 e. The largest absolute Gasteiger partial charge is 0.347 e. The molecule has 33 heavy (non-hydrogen) atoms. The van der Waals surface area contributed by atoms with E-state index in [1.165, 1.54) is 9.75 Å². The molecule has 0 radical (unpaired) electrons. The Bertz CT molecular complexity index is 1370. The van der Waals surface area contributed by atoms with Crippen molar-refractivity contribution in [2.24, 2.45) is 0 Å². The van der Waals surface area contributed by atoms with Crippen LogP contribution >= 0.6 is 22.7 Å². The van der Waals surface area contributed by atoms with E-state index in [0.717, 1.165) is 27.4 Å². The van der Waals surface area contributed by atoms with E-state index in [1.807, 2.05) is 54.6 Å². The number of carbonyl (C=O) groups excluding carboxylic acids is 1. The Morgan fingerprint density at radius 1 is 0.970 bits per heavy atom. The molecule has 0 bridgehead atoms. The number of hydrogen-bond acceptors (Lipinski definition) is 7. The average molecular weight is 473 g/mol. The molecule has 0 atom stereocenters. The summed E-state index contributed by atoms with van der Waals surface area (Å²) in [5.41, 5.74) is 3.78. The monoisotopic (exact) mass is 472 g/mol. The summed E-state index contributed by atoms with van der Waals surface area (Å²) < 4.78 is 5.30. The highest BCUT2D eigenvalue weighted by atomic mass is 32.1. The van der Waals surface area contributed by atoms with Gasteiger partial charge in [0.05, 0.1) is 23.5 Å². The molecule has 2 aromatic carbocycles. The van der Waals surface area contributed by atoms with Crippen LogP contribution in [0, 0.1) is 6.92 Å². The molecular formula is C25H20N4O2S2. The number of aryl methyl sites for hydroxylation is 1. The topological polar surface area (TPSA) is 80.9 Å². The highest BCUT2D eigenvalue weighted by Gasteiger charge is 2.12. The van der Waals surface area contributed by atoms with Gasteiger partial charge in [-0.3, -0.25) is 4.79 Å². The van der Waals surface area contributed by atoms with Crippen LogP contribution in [0.5, 0.6) is 0 Å². The minimum atomic E-state index is -0.0920. The molecule has 5 rings (SSSR count). The number of rotatable bonds is 7. The smallest absolute Gasteiger partial charge is 0.246 e. The third-order valence-electron chi connectivity index (χ3n) is 5.01. The number of carbonyl (C=O) groups is 1. The van der Waals surface area contributed by atoms with Crippen LogP contribution in [0.2, 0.25) is 0 Å². The number of thiophene rings is 1. The van der Waals surface area contributed by atoms with Gasteiger partial charge in [0.1, 0.15) is 5.01 Å². The van der Waals surface area contributed by atoms with Crippen molar-refractivity contribution in [2.75, 3.05) is 0 Å². The molecule has 1 amide bonds. The first-order chi connectivity index (χ1) is 16.1. The molecule has 3 heterocycles. The van der Waals surface area contributed by atoms with Crippen LogP contribution in [0.4, 0.5) is 0 Å². The lowest BCUT2D eigenvalue weighted by Gasteiger charge is -2.02. The van der Waals surface area contributed by atoms with Crippen molar-refractivity contribution in [3.8, 4) is 32.5 Å². The molecule has 0 unspecified atom stereocenters. The molecule has 0 aliphatic heterocycles. The van der Waals surface area contributed by atoms with Crippen molar-refractivity contribution < 1.29 is 9.32 Å². The SMILES string of the molecule is Cc1ccc(-c2nc(-c3ccc(-c4noc(CNC(=O)Cc5ccccc5)n4)cc3)cs2)s1. The summed E-state index contributed by atoms with van der Waals surface area (Å²) in [6.45, 7) is 2.30. The molecule has 1 N–H and O–H groups in total. The Balaban J connectivity index is 1.21. The van der Waals surface area contributed by atoms with E-state index in [4.69, 9.17) is 9.51 Å². The van der Waals surface area contributed by atoms with Gasteiger partial charge >= 0.3 is 0 Å². The van der Waals surface area contributed by atoms with Gasteiger partial charge in [0.25, 0.3) is 0 Å². The van der Waals surface area contributed by atoms with Gasteiger partial charge in [0.2, 0.25) is 17.6 Å². The molecule has 5 aromatic rings. The summed E-state index contributed by atoms with van der Waals surface area (Å²) in [5, 5.41) is 9.97. The molecule has 0 spiro atoms. The number of thiazole rings is 1. The molecule has 0 fully saturated rings. The fourth-order valence-electron chi connectivity index (χ4n) is 3.32. The van der Waals surface area contributed by atoms with E-state index in [9.17, 15) is 4.79 Å². The van der Waals surface area contributed by atoms with Crippen molar-refractivity contribution in [2.45, 2.75) is 19.9 Å². The van der Waals surface area contributed by atoms with Crippen LogP contribution in [0.15, 0.2) is 76.6 Å². The van der Waals surface area contributed by atoms with E-state index in [2.05, 4.69) is 39.9 Å². The maximum absolute atomic E-state index is 12.1. The number of nitrogens with zero attached hydrogens (tertiary/aromatic N) is 3. The lowest BCUT2D eigenvalue weighted by Crippen LogP contribution is -2.24. The second-order valence-corrected chi connectivity index (χ2v) is 9.62. The number of benzene rings is 2. The number of nitrogens with one attached hydrogen (secondary N) is 1. The Labute approximate surface area is 199 Å². The first-order valence-electron chi connectivity index (χ1n) is 10.4. The fourth-order valence-corrected chi connectivity index (χ4v) is 5.09. The number of amides is 1. The number of aromatic nitrogens is 3. The lowest BCUT2D eigenvalue weighted by molar-refractivity contribution is -0.120. The Hall–Kier alpha value is -3.62. The van der Waals surface area contributed by atoms with Crippen LogP contribution in [0.3, 0.4) is 0 Å². The van der Waals surface area contributed by atoms with Crippen LogP contribution in [0.1, 0.15) is 16.3 Å². The summed E-state index contributed by atoms with van der Waals surface area (Å²) in [5.74, 6) is 0.762. The average Bonchev–Trinajstić information content (AvgIpc) is 3.59. The Morgan fingerprint density at radius 2 is 1.76 bits per heavy atom. The summed E-state index contributed by atoms with van der Waals surface area (Å²) in [4.78, 5) is 23.8. The third-order valence-corrected chi connectivity index (χ3v) is 7.02. The van der Waals surface area contributed by atoms with Crippen molar-refractivity contribution in [1.29, 1.82) is 0 Å². The van der Waals surface area contributed by atoms with Crippen molar-refractivity contribution in [3.63, 3.8) is 0 Å². The second-order valence-electron chi connectivity index (χ2n) is 7.48. The quantitative estimate of drug-likeness (QED) is 0.326. The first kappa shape index (κ1) is 21.2. The Kier molecular flexibility index (Phi) is 6.10. The zero-order chi connectivity index (χ0) is 22.6. The molecular weight excluding hydrogens is 452 g/mol. The molecule has 6 nitrogen and oxygen atoms in total. The molecule has 0 saturated carbocycles. The fraction of sp³-hybridized carbons (Fsp3) is 0.120. The van der Waals surface area contributed by atoms with E-state index in [1.54, 1.807) is 22.7 Å². The summed E-state index contributed by atoms with van der Waals surface area (Å²) in [6.07, 6.45) is 0.313. The normalized spacial score (nSPS) is 10.9. The number of hydrogen-bond donors (Lipinski definition) is 1. The first-order valence-corrected chi connectivity index (χ1v) is 12.1. The molecule has 0 aliphatic rings. The van der Waals surface area contributed by atoms with Gasteiger partial charge in [0.15, 0.2) is 0 Å². The van der Waals surface area contributed by atoms with Gasteiger partial charge in [-0.05, 0) is 24.6 Å². The van der Waals surface area contributed by atoms with Gasteiger partial charge in [-0.1, -0.05) is 59.8 Å². The highest BCUT2D eigenvalue weighted by molar-refractivity contribution is 7.21. The van der Waals surface area contributed by atoms with Gasteiger partial charge in [-0.15, -0.1) is 22.7 Å². The van der Waals surface area contributed by atoms with Crippen LogP contribution in [-0.2, 0) is 17.8 Å². The van der Waals surface area contributed by atoms with Crippen LogP contribution < -0.4 is 5.32 Å². The lowest BCUT2D eigenvalue weighted by atomic mass is 10.1. The zero-order valence-electron chi connectivity index (χ0n) is 17.8. The molecule has 8 heteroatoms. The van der Waals surface area contributed by atoms with E-state index < -0.39 is 0 Å². The zero-order valence-corrected chi connectivity index (χ0v) is 19.5. The van der Waals surface area contributed by atoms with Gasteiger partial charge in [-0.25, -0.2) is 4.98 Å². The molecule has 0 saturated heterocycles. The van der Waals surface area contributed by atoms with Crippen LogP contribution in [0.25, 0.3) is 32.5 Å². The predicted molar refractivity (Wildman–Crippen MR) is 131 cm³/mol. The van der Waals surface area contributed by atoms with E-state index in [-0.39, 0.29) is 12.5 Å². The maximum atomic E-state index is 12.1. The van der Waals surface area contributed by atoms with Gasteiger partial charge in [-0.2, -0.15) is 4.98 Å². The van der Waals surface area contributed by atoms with Gasteiger partial charge in [0, 0.05) is 21.4 Å². The standard InChI is InChI=1S/C25H20N4O2S2/c1-16-7-12-21(33-16)25-27-20(15-32-25)18-8-10-19(11-9-18)24-28-23(31-29-24)14-26-22(30)13-17-5-3-2-4-6-17/h2-12,15H,13-14H2,1H3,(H,26,30). The summed E-state index contributed by atoms with van der Waals surface area (Å²) in [7, 11) is 0. The molecule has 0 aliphatic carbocycles. The third kappa shape index (κ3) is 5.08. The van der Waals surface area contributed by atoms with Crippen molar-refractivity contribution in [1.82, 2.24) is 20.4 Å². The van der Waals surface area contributed by atoms with Gasteiger partial charge < -0.3 is 9.84 Å². The second kappa shape index (κ2) is 9.48. The minimum Gasteiger partial charge on any atom is -0.347 e. The summed E-state index contributed by atoms with van der Waals surface area (Å²) >= 11 is 3.40.